The predicted molar refractivity (Wildman–Crippen MR) is 152 cm³/mol. The van der Waals surface area contributed by atoms with Gasteiger partial charge in [-0.1, -0.05) is 0 Å². The highest BCUT2D eigenvalue weighted by molar-refractivity contribution is 6.07. The zero-order chi connectivity index (χ0) is 29.0. The normalized spacial score (nSPS) is 16.8. The molecule has 0 unspecified atom stereocenters. The highest BCUT2D eigenvalue weighted by Gasteiger charge is 2.57. The van der Waals surface area contributed by atoms with E-state index in [0.29, 0.717) is 50.5 Å². The summed E-state index contributed by atoms with van der Waals surface area (Å²) in [5, 5.41) is 0. The molecule has 2 fully saturated rings. The van der Waals surface area contributed by atoms with Crippen molar-refractivity contribution in [2.45, 2.75) is 38.0 Å². The van der Waals surface area contributed by atoms with Crippen molar-refractivity contribution in [2.75, 3.05) is 41.5 Å². The van der Waals surface area contributed by atoms with E-state index in [4.69, 9.17) is 18.9 Å². The maximum atomic E-state index is 14.2. The fourth-order valence-electron chi connectivity index (χ4n) is 5.73. The summed E-state index contributed by atoms with van der Waals surface area (Å²) in [6.07, 6.45) is 4.47. The van der Waals surface area contributed by atoms with E-state index in [-0.39, 0.29) is 18.5 Å². The number of amides is 3. The van der Waals surface area contributed by atoms with Crippen molar-refractivity contribution in [2.24, 2.45) is 0 Å². The maximum Gasteiger partial charge on any atom is 0.328 e. The first-order valence-corrected chi connectivity index (χ1v) is 13.6. The molecule has 3 aromatic rings. The monoisotopic (exact) mass is 560 g/mol. The number of benzene rings is 2. The minimum Gasteiger partial charge on any atom is -0.497 e. The van der Waals surface area contributed by atoms with Crippen LogP contribution in [0.25, 0.3) is 0 Å². The molecule has 0 atom stereocenters. The molecule has 0 aliphatic carbocycles. The van der Waals surface area contributed by atoms with E-state index in [0.717, 1.165) is 28.2 Å². The zero-order valence-corrected chi connectivity index (χ0v) is 24.0. The van der Waals surface area contributed by atoms with Crippen LogP contribution < -0.4 is 18.9 Å². The molecule has 2 aromatic carbocycles. The van der Waals surface area contributed by atoms with Crippen molar-refractivity contribution in [3.05, 3.63) is 77.6 Å². The van der Waals surface area contributed by atoms with Crippen molar-refractivity contribution in [3.8, 4) is 23.0 Å². The molecule has 216 valence electrons. The average Bonchev–Trinajstić information content (AvgIpc) is 3.19. The first-order chi connectivity index (χ1) is 19.9. The van der Waals surface area contributed by atoms with E-state index in [1.807, 2.05) is 42.5 Å². The third-order valence-corrected chi connectivity index (χ3v) is 7.96. The van der Waals surface area contributed by atoms with Crippen LogP contribution >= 0.6 is 0 Å². The molecule has 0 bridgehead atoms. The van der Waals surface area contributed by atoms with Gasteiger partial charge in [-0.2, -0.15) is 0 Å². The summed E-state index contributed by atoms with van der Waals surface area (Å²) in [5.74, 6) is 2.50. The predicted octanol–water partition coefficient (Wildman–Crippen LogP) is 4.12. The van der Waals surface area contributed by atoms with Crippen LogP contribution in [0.4, 0.5) is 4.79 Å². The van der Waals surface area contributed by atoms with Crippen LogP contribution in [0.15, 0.2) is 60.9 Å². The smallest absolute Gasteiger partial charge is 0.328 e. The molecule has 3 amide bonds. The van der Waals surface area contributed by atoms with Gasteiger partial charge in [-0.25, -0.2) is 4.79 Å². The van der Waals surface area contributed by atoms with E-state index in [1.165, 1.54) is 4.90 Å². The van der Waals surface area contributed by atoms with Gasteiger partial charge >= 0.3 is 6.03 Å². The minimum absolute atomic E-state index is 0.132. The van der Waals surface area contributed by atoms with Crippen molar-refractivity contribution >= 4 is 11.9 Å². The number of carbonyl (C=O) groups is 2. The maximum absolute atomic E-state index is 14.2. The summed E-state index contributed by atoms with van der Waals surface area (Å²) in [4.78, 5) is 37.6. The number of likely N-dealkylation sites (tertiary alicyclic amines) is 1. The van der Waals surface area contributed by atoms with E-state index in [2.05, 4.69) is 9.88 Å². The highest BCUT2D eigenvalue weighted by Crippen LogP contribution is 2.40. The second-order valence-corrected chi connectivity index (χ2v) is 10.4. The Bertz CT molecular complexity index is 1350. The summed E-state index contributed by atoms with van der Waals surface area (Å²) in [6, 6.07) is 14.7. The third-order valence-electron chi connectivity index (χ3n) is 7.96. The van der Waals surface area contributed by atoms with Crippen LogP contribution in [0, 0.1) is 0 Å². The van der Waals surface area contributed by atoms with Gasteiger partial charge in [0.25, 0.3) is 5.91 Å². The molecular formula is C31H36N4O6. The molecule has 0 N–H and O–H groups in total. The molecule has 10 heteroatoms. The Hall–Kier alpha value is -4.31. The summed E-state index contributed by atoms with van der Waals surface area (Å²) in [6.45, 7) is 2.47. The van der Waals surface area contributed by atoms with Gasteiger partial charge in [0, 0.05) is 50.7 Å². The van der Waals surface area contributed by atoms with Gasteiger partial charge in [0.1, 0.15) is 28.5 Å². The minimum atomic E-state index is -0.925. The lowest BCUT2D eigenvalue weighted by Crippen LogP contribution is -2.56. The number of imide groups is 1. The van der Waals surface area contributed by atoms with Crippen LogP contribution in [0.2, 0.25) is 0 Å². The van der Waals surface area contributed by atoms with Gasteiger partial charge in [0.05, 0.1) is 35.0 Å². The van der Waals surface area contributed by atoms with Crippen molar-refractivity contribution < 1.29 is 28.5 Å². The largest absolute Gasteiger partial charge is 0.497 e. The van der Waals surface area contributed by atoms with Gasteiger partial charge < -0.3 is 23.8 Å². The molecule has 41 heavy (non-hydrogen) atoms. The van der Waals surface area contributed by atoms with Gasteiger partial charge in [0.15, 0.2) is 0 Å². The molecule has 2 aliphatic heterocycles. The van der Waals surface area contributed by atoms with Crippen LogP contribution in [0.3, 0.4) is 0 Å². The Labute approximate surface area is 240 Å². The number of pyridine rings is 1. The van der Waals surface area contributed by atoms with Gasteiger partial charge in [0.2, 0.25) is 0 Å². The van der Waals surface area contributed by atoms with E-state index >= 15 is 0 Å². The number of urea groups is 1. The van der Waals surface area contributed by atoms with Gasteiger partial charge in [-0.05, 0) is 65.9 Å². The highest BCUT2D eigenvalue weighted by atomic mass is 16.5. The van der Waals surface area contributed by atoms with Gasteiger partial charge in [-0.3, -0.25) is 19.6 Å². The molecule has 1 aromatic heterocycles. The summed E-state index contributed by atoms with van der Waals surface area (Å²) in [7, 11) is 6.42. The second-order valence-electron chi connectivity index (χ2n) is 10.4. The zero-order valence-electron chi connectivity index (χ0n) is 24.0. The Kier molecular flexibility index (Phi) is 8.30. The van der Waals surface area contributed by atoms with E-state index < -0.39 is 5.54 Å². The molecule has 3 heterocycles. The molecule has 0 saturated carbocycles. The number of carbonyl (C=O) groups excluding carboxylic acids is 2. The number of rotatable bonds is 10. The number of hydrogen-bond donors (Lipinski definition) is 0. The molecule has 2 saturated heterocycles. The van der Waals surface area contributed by atoms with E-state index in [9.17, 15) is 9.59 Å². The number of hydrogen-bond acceptors (Lipinski definition) is 8. The first-order valence-electron chi connectivity index (χ1n) is 13.6. The number of aromatic nitrogens is 1. The van der Waals surface area contributed by atoms with Crippen LogP contribution in [0.1, 0.15) is 29.5 Å². The molecular weight excluding hydrogens is 524 g/mol. The Morgan fingerprint density at radius 1 is 0.683 bits per heavy atom. The average molecular weight is 561 g/mol. The quantitative estimate of drug-likeness (QED) is 0.342. The lowest BCUT2D eigenvalue weighted by atomic mass is 9.85. The second kappa shape index (κ2) is 12.1. The molecule has 10 nitrogen and oxygen atoms in total. The van der Waals surface area contributed by atoms with Crippen LogP contribution in [-0.4, -0.2) is 78.7 Å². The topological polar surface area (TPSA) is 93.7 Å². The van der Waals surface area contributed by atoms with Crippen LogP contribution in [0.5, 0.6) is 23.0 Å². The van der Waals surface area contributed by atoms with Crippen LogP contribution in [-0.2, 0) is 24.4 Å². The molecule has 1 spiro atoms. The Morgan fingerprint density at radius 3 is 1.66 bits per heavy atom. The first kappa shape index (κ1) is 28.2. The van der Waals surface area contributed by atoms with Crippen molar-refractivity contribution in [3.63, 3.8) is 0 Å². The standard InChI is InChI=1S/C31H36N4O6/c1-38-25-13-23(14-26(17-25)39-2)19-33-11-7-31(8-12-33)29(36)34(20-24-15-27(40-3)18-28(16-24)41-4)30(37)35(31)21-22-5-9-32-10-6-22/h5-6,9-10,13-18H,7-8,11-12,19-21H2,1-4H3. The number of nitrogens with zero attached hydrogens (tertiary/aromatic N) is 4. The van der Waals surface area contributed by atoms with Gasteiger partial charge in [-0.15, -0.1) is 0 Å². The lowest BCUT2D eigenvalue weighted by molar-refractivity contribution is -0.136. The van der Waals surface area contributed by atoms with Crippen molar-refractivity contribution in [1.82, 2.24) is 19.7 Å². The third kappa shape index (κ3) is 5.78. The summed E-state index contributed by atoms with van der Waals surface area (Å²) >= 11 is 0. The van der Waals surface area contributed by atoms with Crippen molar-refractivity contribution in [1.29, 1.82) is 0 Å². The number of methoxy groups -OCH3 is 4. The summed E-state index contributed by atoms with van der Waals surface area (Å²) in [5.41, 5.74) is 1.82. The molecule has 0 radical (unpaired) electrons. The Balaban J connectivity index is 1.39. The fourth-order valence-corrected chi connectivity index (χ4v) is 5.73. The molecule has 2 aliphatic rings. The Morgan fingerprint density at radius 2 is 1.17 bits per heavy atom. The summed E-state index contributed by atoms with van der Waals surface area (Å²) < 4.78 is 21.7. The molecule has 5 rings (SSSR count). The lowest BCUT2D eigenvalue weighted by Gasteiger charge is -2.42. The number of piperidine rings is 1. The number of ether oxygens (including phenoxy) is 4. The SMILES string of the molecule is COc1cc(CN2CCC3(CC2)C(=O)N(Cc2cc(OC)cc(OC)c2)C(=O)N3Cc2ccncc2)cc(OC)c1. The fraction of sp³-hybridized carbons (Fsp3) is 0.387. The van der Waals surface area contributed by atoms with E-state index in [1.54, 1.807) is 51.8 Å².